The lowest BCUT2D eigenvalue weighted by molar-refractivity contribution is 0.189. The summed E-state index contributed by atoms with van der Waals surface area (Å²) in [4.78, 5) is 6.52. The average Bonchev–Trinajstić information content (AvgIpc) is 2.47. The van der Waals surface area contributed by atoms with Crippen LogP contribution in [0.1, 0.15) is 29.8 Å². The topological polar surface area (TPSA) is 42.2 Å². The zero-order valence-electron chi connectivity index (χ0n) is 11.5. The number of hydrogen-bond donors (Lipinski definition) is 1. The number of nitrogens with two attached hydrogens (primary N) is 1. The van der Waals surface area contributed by atoms with Crippen molar-refractivity contribution in [2.24, 2.45) is 0 Å². The third-order valence-electron chi connectivity index (χ3n) is 4.06. The summed E-state index contributed by atoms with van der Waals surface area (Å²) < 4.78 is 12.9. The van der Waals surface area contributed by atoms with Gasteiger partial charge in [-0.1, -0.05) is 12.1 Å². The number of anilines is 1. The van der Waals surface area contributed by atoms with E-state index >= 15 is 0 Å². The Labute approximate surface area is 118 Å². The Bertz CT molecular complexity index is 610. The Morgan fingerprint density at radius 1 is 1.30 bits per heavy atom. The third-order valence-corrected chi connectivity index (χ3v) is 4.06. The van der Waals surface area contributed by atoms with Gasteiger partial charge in [0, 0.05) is 24.8 Å². The molecule has 104 valence electrons. The summed E-state index contributed by atoms with van der Waals surface area (Å²) >= 11 is 0. The maximum atomic E-state index is 12.9. The number of fused-ring (bicyclic) bond motifs is 1. The molecule has 0 saturated carbocycles. The van der Waals surface area contributed by atoms with Crippen LogP contribution in [-0.4, -0.2) is 16.4 Å². The molecule has 3 nitrogen and oxygen atoms in total. The molecule has 0 saturated heterocycles. The highest BCUT2D eigenvalue weighted by Crippen LogP contribution is 2.29. The Hall–Kier alpha value is -1.94. The fourth-order valence-corrected chi connectivity index (χ4v) is 2.78. The second-order valence-electron chi connectivity index (χ2n) is 5.28. The highest BCUT2D eigenvalue weighted by Gasteiger charge is 2.23. The van der Waals surface area contributed by atoms with Crippen LogP contribution in [0.2, 0.25) is 0 Å². The van der Waals surface area contributed by atoms with E-state index in [-0.39, 0.29) is 11.9 Å². The number of nitrogens with zero attached hydrogens (tertiary/aromatic N) is 2. The average molecular weight is 271 g/mol. The molecule has 0 bridgehead atoms. The predicted molar refractivity (Wildman–Crippen MR) is 77.6 cm³/mol. The lowest BCUT2D eigenvalue weighted by Gasteiger charge is -2.34. The molecule has 1 aromatic carbocycles. The van der Waals surface area contributed by atoms with E-state index in [9.17, 15) is 4.39 Å². The van der Waals surface area contributed by atoms with Gasteiger partial charge in [-0.2, -0.15) is 0 Å². The quantitative estimate of drug-likeness (QED) is 0.854. The van der Waals surface area contributed by atoms with Crippen molar-refractivity contribution in [2.75, 3.05) is 12.3 Å². The molecule has 2 aromatic rings. The van der Waals surface area contributed by atoms with Gasteiger partial charge < -0.3 is 5.73 Å². The largest absolute Gasteiger partial charge is 0.398 e. The minimum absolute atomic E-state index is 0.156. The van der Waals surface area contributed by atoms with Crippen molar-refractivity contribution in [1.29, 1.82) is 0 Å². The normalized spacial score (nSPS) is 16.7. The van der Waals surface area contributed by atoms with Gasteiger partial charge in [0.15, 0.2) is 0 Å². The van der Waals surface area contributed by atoms with Crippen molar-refractivity contribution in [1.82, 2.24) is 9.88 Å². The van der Waals surface area contributed by atoms with E-state index in [4.69, 9.17) is 5.73 Å². The van der Waals surface area contributed by atoms with Crippen LogP contribution >= 0.6 is 0 Å². The summed E-state index contributed by atoms with van der Waals surface area (Å²) in [6.45, 7) is 3.89. The monoisotopic (exact) mass is 271 g/mol. The van der Waals surface area contributed by atoms with E-state index in [1.807, 2.05) is 12.1 Å². The summed E-state index contributed by atoms with van der Waals surface area (Å²) in [5.41, 5.74) is 10.4. The molecule has 0 amide bonds. The molecular formula is C16H18FN3. The summed E-state index contributed by atoms with van der Waals surface area (Å²) in [5.74, 6) is -0.297. The third kappa shape index (κ3) is 2.39. The van der Waals surface area contributed by atoms with Crippen molar-refractivity contribution in [3.63, 3.8) is 0 Å². The molecule has 0 fully saturated rings. The molecule has 0 spiro atoms. The summed E-state index contributed by atoms with van der Waals surface area (Å²) in [7, 11) is 0. The number of aromatic nitrogens is 1. The molecule has 4 heteroatoms. The lowest BCUT2D eigenvalue weighted by atomic mass is 9.96. The molecule has 0 radical (unpaired) electrons. The molecule has 1 aromatic heterocycles. The van der Waals surface area contributed by atoms with Gasteiger partial charge in [-0.15, -0.1) is 0 Å². The Kier molecular flexibility index (Phi) is 3.40. The fourth-order valence-electron chi connectivity index (χ4n) is 2.78. The molecule has 1 aliphatic heterocycles. The number of nitrogen functional groups attached to an aromatic ring is 1. The van der Waals surface area contributed by atoms with Crippen molar-refractivity contribution < 1.29 is 4.39 Å². The van der Waals surface area contributed by atoms with E-state index < -0.39 is 0 Å². The molecule has 2 N–H and O–H groups in total. The van der Waals surface area contributed by atoms with Crippen LogP contribution < -0.4 is 5.73 Å². The molecule has 2 heterocycles. The van der Waals surface area contributed by atoms with Gasteiger partial charge in [0.1, 0.15) is 5.82 Å². The first-order valence-corrected chi connectivity index (χ1v) is 6.87. The smallest absolute Gasteiger partial charge is 0.141 e. The first-order valence-electron chi connectivity index (χ1n) is 6.87. The second kappa shape index (κ2) is 5.21. The van der Waals surface area contributed by atoms with E-state index in [0.29, 0.717) is 0 Å². The zero-order valence-corrected chi connectivity index (χ0v) is 11.5. The molecule has 3 rings (SSSR count). The minimum atomic E-state index is -0.297. The van der Waals surface area contributed by atoms with Gasteiger partial charge in [0.2, 0.25) is 0 Å². The summed E-state index contributed by atoms with van der Waals surface area (Å²) in [5, 5.41) is 0. The first-order chi connectivity index (χ1) is 9.65. The van der Waals surface area contributed by atoms with Gasteiger partial charge >= 0.3 is 0 Å². The van der Waals surface area contributed by atoms with Crippen LogP contribution in [0.25, 0.3) is 0 Å². The standard InChI is InChI=1S/C16H18FN3/c1-11(16-6-5-13(17)9-19-16)20-8-7-12-3-2-4-15(18)14(12)10-20/h2-6,9,11H,7-8,10,18H2,1H3. The molecular weight excluding hydrogens is 253 g/mol. The van der Waals surface area contributed by atoms with E-state index in [2.05, 4.69) is 22.9 Å². The van der Waals surface area contributed by atoms with E-state index in [1.165, 1.54) is 23.4 Å². The Balaban J connectivity index is 1.83. The highest BCUT2D eigenvalue weighted by atomic mass is 19.1. The van der Waals surface area contributed by atoms with Crippen molar-refractivity contribution >= 4 is 5.69 Å². The van der Waals surface area contributed by atoms with Gasteiger partial charge in [-0.3, -0.25) is 9.88 Å². The van der Waals surface area contributed by atoms with Crippen LogP contribution in [0.5, 0.6) is 0 Å². The SMILES string of the molecule is CC(c1ccc(F)cn1)N1CCc2cccc(N)c2C1. The van der Waals surface area contributed by atoms with E-state index in [1.54, 1.807) is 6.07 Å². The maximum absolute atomic E-state index is 12.9. The van der Waals surface area contributed by atoms with Gasteiger partial charge in [-0.25, -0.2) is 4.39 Å². The predicted octanol–water partition coefficient (Wildman–Crippen LogP) is 2.92. The van der Waals surface area contributed by atoms with Crippen molar-refractivity contribution in [3.05, 3.63) is 59.2 Å². The molecule has 1 aliphatic rings. The molecule has 0 aliphatic carbocycles. The van der Waals surface area contributed by atoms with Gasteiger partial charge in [0.25, 0.3) is 0 Å². The maximum Gasteiger partial charge on any atom is 0.141 e. The van der Waals surface area contributed by atoms with E-state index in [0.717, 1.165) is 30.9 Å². The fraction of sp³-hybridized carbons (Fsp3) is 0.312. The summed E-state index contributed by atoms with van der Waals surface area (Å²) in [6, 6.07) is 9.47. The number of benzene rings is 1. The number of pyridine rings is 1. The Morgan fingerprint density at radius 2 is 2.15 bits per heavy atom. The van der Waals surface area contributed by atoms with Crippen molar-refractivity contribution in [2.45, 2.75) is 25.9 Å². The zero-order chi connectivity index (χ0) is 14.1. The summed E-state index contributed by atoms with van der Waals surface area (Å²) in [6.07, 6.45) is 2.27. The van der Waals surface area contributed by atoms with Crippen molar-refractivity contribution in [3.8, 4) is 0 Å². The van der Waals surface area contributed by atoms with Gasteiger partial charge in [0.05, 0.1) is 11.9 Å². The van der Waals surface area contributed by atoms with Gasteiger partial charge in [-0.05, 0) is 42.7 Å². The highest BCUT2D eigenvalue weighted by molar-refractivity contribution is 5.51. The van der Waals surface area contributed by atoms with Crippen LogP contribution in [0.3, 0.4) is 0 Å². The second-order valence-corrected chi connectivity index (χ2v) is 5.28. The minimum Gasteiger partial charge on any atom is -0.398 e. The van der Waals surface area contributed by atoms with Crippen LogP contribution in [-0.2, 0) is 13.0 Å². The van der Waals surface area contributed by atoms with Crippen LogP contribution in [0.4, 0.5) is 10.1 Å². The number of rotatable bonds is 2. The molecule has 20 heavy (non-hydrogen) atoms. The number of halogens is 1. The molecule has 1 atom stereocenters. The van der Waals surface area contributed by atoms with Crippen LogP contribution in [0, 0.1) is 5.82 Å². The molecule has 1 unspecified atom stereocenters. The first kappa shape index (κ1) is 13.1. The lowest BCUT2D eigenvalue weighted by Crippen LogP contribution is -2.33. The van der Waals surface area contributed by atoms with Crippen LogP contribution in [0.15, 0.2) is 36.5 Å². The Morgan fingerprint density at radius 3 is 2.90 bits per heavy atom. The number of hydrogen-bond acceptors (Lipinski definition) is 3.